The fourth-order valence-electron chi connectivity index (χ4n) is 3.32. The van der Waals surface area contributed by atoms with Crippen LogP contribution in [0.2, 0.25) is 0 Å². The molecule has 0 aliphatic heterocycles. The molecule has 10 heteroatoms. The average molecular weight is 611 g/mol. The molecule has 0 unspecified atom stereocenters. The summed E-state index contributed by atoms with van der Waals surface area (Å²) in [5.41, 5.74) is 1.20. The predicted octanol–water partition coefficient (Wildman–Crippen LogP) is 7.10. The molecule has 0 saturated heterocycles. The fraction of sp³-hybridized carbons (Fsp3) is 0.333. The molecule has 0 amide bonds. The van der Waals surface area contributed by atoms with Crippen molar-refractivity contribution in [2.45, 2.75) is 50.3 Å². The molecule has 43 heavy (non-hydrogen) atoms. The van der Waals surface area contributed by atoms with Crippen LogP contribution in [0.1, 0.15) is 51.0 Å². The first-order chi connectivity index (χ1) is 20.8. The van der Waals surface area contributed by atoms with Gasteiger partial charge in [-0.25, -0.2) is 14.4 Å². The highest BCUT2D eigenvalue weighted by atomic mass is 32.2. The zero-order chi connectivity index (χ0) is 31.3. The molecule has 0 bridgehead atoms. The molecule has 0 aromatic heterocycles. The van der Waals surface area contributed by atoms with E-state index < -0.39 is 18.1 Å². The van der Waals surface area contributed by atoms with E-state index in [1.165, 1.54) is 6.08 Å². The molecule has 0 N–H and O–H groups in total. The molecule has 0 radical (unpaired) electrons. The highest BCUT2D eigenvalue weighted by molar-refractivity contribution is 8.14. The van der Waals surface area contributed by atoms with Crippen LogP contribution >= 0.6 is 11.8 Å². The molecule has 230 valence electrons. The SMILES string of the molecule is C=CC(=O)OCCCCCCOc1ccc(/C=C/C(=O)Sc2ccc(OC(=O)OCCCCOC(=O)C(=C)C)cc2)cc1. The maximum Gasteiger partial charge on any atom is 0.513 e. The van der Waals surface area contributed by atoms with Crippen LogP contribution in [0.4, 0.5) is 4.79 Å². The van der Waals surface area contributed by atoms with Crippen LogP contribution in [0.15, 0.2) is 84.3 Å². The third-order valence-corrected chi connectivity index (χ3v) is 6.44. The minimum absolute atomic E-state index is 0.132. The predicted molar refractivity (Wildman–Crippen MR) is 165 cm³/mol. The van der Waals surface area contributed by atoms with Crippen LogP contribution in [0.25, 0.3) is 6.08 Å². The zero-order valence-electron chi connectivity index (χ0n) is 24.4. The van der Waals surface area contributed by atoms with Gasteiger partial charge in [-0.2, -0.15) is 0 Å². The van der Waals surface area contributed by atoms with Gasteiger partial charge in [0.2, 0.25) is 5.12 Å². The van der Waals surface area contributed by atoms with Gasteiger partial charge in [-0.1, -0.05) is 31.4 Å². The van der Waals surface area contributed by atoms with Gasteiger partial charge < -0.3 is 23.7 Å². The van der Waals surface area contributed by atoms with Gasteiger partial charge in [0.05, 0.1) is 26.4 Å². The van der Waals surface area contributed by atoms with Crippen molar-refractivity contribution in [3.05, 3.63) is 85.0 Å². The molecule has 0 aliphatic carbocycles. The van der Waals surface area contributed by atoms with Crippen LogP contribution in [0.5, 0.6) is 11.5 Å². The van der Waals surface area contributed by atoms with Crippen molar-refractivity contribution in [1.29, 1.82) is 0 Å². The number of hydrogen-bond acceptors (Lipinski definition) is 10. The Balaban J connectivity index is 1.61. The Morgan fingerprint density at radius 2 is 1.33 bits per heavy atom. The lowest BCUT2D eigenvalue weighted by molar-refractivity contribution is -0.139. The van der Waals surface area contributed by atoms with E-state index in [1.807, 2.05) is 24.3 Å². The molecular weight excluding hydrogens is 572 g/mol. The number of thioether (sulfide) groups is 1. The number of carbonyl (C=O) groups is 4. The highest BCUT2D eigenvalue weighted by Crippen LogP contribution is 2.23. The highest BCUT2D eigenvalue weighted by Gasteiger charge is 2.08. The lowest BCUT2D eigenvalue weighted by Gasteiger charge is -2.07. The van der Waals surface area contributed by atoms with Gasteiger partial charge >= 0.3 is 18.1 Å². The van der Waals surface area contributed by atoms with Crippen molar-refractivity contribution >= 4 is 41.0 Å². The summed E-state index contributed by atoms with van der Waals surface area (Å²) in [6, 6.07) is 14.0. The molecule has 0 fully saturated rings. The Kier molecular flexibility index (Phi) is 16.7. The van der Waals surface area contributed by atoms with Crippen molar-refractivity contribution in [2.75, 3.05) is 26.4 Å². The number of hydrogen-bond donors (Lipinski definition) is 0. The van der Waals surface area contributed by atoms with Crippen LogP contribution < -0.4 is 9.47 Å². The van der Waals surface area contributed by atoms with E-state index in [9.17, 15) is 19.2 Å². The van der Waals surface area contributed by atoms with Crippen LogP contribution in [0, 0.1) is 0 Å². The maximum atomic E-state index is 12.4. The number of unbranched alkanes of at least 4 members (excludes halogenated alkanes) is 4. The summed E-state index contributed by atoms with van der Waals surface area (Å²) >= 11 is 1.05. The van der Waals surface area contributed by atoms with Gasteiger partial charge in [0, 0.05) is 16.5 Å². The van der Waals surface area contributed by atoms with Gasteiger partial charge in [-0.05, 0) is 105 Å². The van der Waals surface area contributed by atoms with Gasteiger partial charge in [0.15, 0.2) is 0 Å². The maximum absolute atomic E-state index is 12.4. The number of benzene rings is 2. The smallest absolute Gasteiger partial charge is 0.494 e. The van der Waals surface area contributed by atoms with E-state index in [1.54, 1.807) is 37.3 Å². The monoisotopic (exact) mass is 610 g/mol. The van der Waals surface area contributed by atoms with Crippen LogP contribution in [-0.2, 0) is 28.6 Å². The van der Waals surface area contributed by atoms with E-state index in [0.717, 1.165) is 54.8 Å². The van der Waals surface area contributed by atoms with Crippen LogP contribution in [0.3, 0.4) is 0 Å². The Morgan fingerprint density at radius 3 is 1.98 bits per heavy atom. The first-order valence-electron chi connectivity index (χ1n) is 14.0. The van der Waals surface area contributed by atoms with E-state index in [0.29, 0.717) is 42.3 Å². The van der Waals surface area contributed by atoms with Gasteiger partial charge in [0.1, 0.15) is 11.5 Å². The molecule has 0 atom stereocenters. The summed E-state index contributed by atoms with van der Waals surface area (Å²) in [4.78, 5) is 47.2. The standard InChI is InChI=1S/C33H38O9S/c1-4-30(34)39-22-8-6-5-7-21-38-27-14-11-26(12-15-27)13-20-31(35)43-29-18-16-28(17-19-29)42-33(37)41-24-10-9-23-40-32(36)25(2)3/h4,11-20H,1-2,5-10,21-24H2,3H3/b20-13+. The minimum atomic E-state index is -0.838. The summed E-state index contributed by atoms with van der Waals surface area (Å²) in [6.07, 6.45) is 8.26. The second kappa shape index (κ2) is 20.5. The summed E-state index contributed by atoms with van der Waals surface area (Å²) < 4.78 is 25.8. The number of carbonyl (C=O) groups excluding carboxylic acids is 4. The lowest BCUT2D eigenvalue weighted by atomic mass is 10.2. The summed E-state index contributed by atoms with van der Waals surface area (Å²) in [5.74, 6) is 0.210. The number of ether oxygens (including phenoxy) is 5. The van der Waals surface area contributed by atoms with Crippen molar-refractivity contribution in [1.82, 2.24) is 0 Å². The van der Waals surface area contributed by atoms with E-state index in [4.69, 9.17) is 23.7 Å². The molecule has 0 aliphatic rings. The fourth-order valence-corrected chi connectivity index (χ4v) is 3.96. The molecule has 2 aromatic rings. The molecular formula is C33H38O9S. The van der Waals surface area contributed by atoms with Crippen molar-refractivity contribution in [2.24, 2.45) is 0 Å². The van der Waals surface area contributed by atoms with Gasteiger partial charge in [-0.15, -0.1) is 0 Å². The first-order valence-corrected chi connectivity index (χ1v) is 14.8. The third-order valence-electron chi connectivity index (χ3n) is 5.59. The second-order valence-corrected chi connectivity index (χ2v) is 10.3. The summed E-state index contributed by atoms with van der Waals surface area (Å²) in [5, 5.41) is -0.151. The number of rotatable bonds is 19. The molecule has 0 saturated carbocycles. The lowest BCUT2D eigenvalue weighted by Crippen LogP contribution is -2.12. The van der Waals surface area contributed by atoms with Crippen molar-refractivity contribution in [3.8, 4) is 11.5 Å². The normalized spacial score (nSPS) is 10.5. The Labute approximate surface area is 256 Å². The zero-order valence-corrected chi connectivity index (χ0v) is 25.2. The quantitative estimate of drug-likeness (QED) is 0.0407. The summed E-state index contributed by atoms with van der Waals surface area (Å²) in [7, 11) is 0. The minimum Gasteiger partial charge on any atom is -0.494 e. The van der Waals surface area contributed by atoms with Crippen molar-refractivity contribution < 1.29 is 42.9 Å². The Bertz CT molecular complexity index is 1230. The molecule has 0 spiro atoms. The number of esters is 2. The van der Waals surface area contributed by atoms with Gasteiger partial charge in [-0.3, -0.25) is 4.79 Å². The van der Waals surface area contributed by atoms with Gasteiger partial charge in [0.25, 0.3) is 0 Å². The first kappa shape index (κ1) is 34.9. The average Bonchev–Trinajstić information content (AvgIpc) is 3.00. The molecule has 2 aromatic carbocycles. The van der Waals surface area contributed by atoms with E-state index in [-0.39, 0.29) is 18.3 Å². The Morgan fingerprint density at radius 1 is 0.744 bits per heavy atom. The van der Waals surface area contributed by atoms with Crippen molar-refractivity contribution in [3.63, 3.8) is 0 Å². The summed E-state index contributed by atoms with van der Waals surface area (Å²) in [6.45, 7) is 9.79. The van der Waals surface area contributed by atoms with Crippen LogP contribution in [-0.4, -0.2) is 49.6 Å². The second-order valence-electron chi connectivity index (χ2n) is 9.25. The molecule has 0 heterocycles. The van der Waals surface area contributed by atoms with E-state index >= 15 is 0 Å². The molecule has 9 nitrogen and oxygen atoms in total. The third kappa shape index (κ3) is 16.1. The van der Waals surface area contributed by atoms with E-state index in [2.05, 4.69) is 13.2 Å². The topological polar surface area (TPSA) is 114 Å². The largest absolute Gasteiger partial charge is 0.513 e. The Hall–Kier alpha value is -4.31. The molecule has 2 rings (SSSR count).